The molecule has 0 radical (unpaired) electrons. The molecule has 2 atom stereocenters. The molecule has 2 unspecified atom stereocenters. The molecule has 19 heavy (non-hydrogen) atoms. The zero-order chi connectivity index (χ0) is 14.0. The first-order chi connectivity index (χ1) is 9.00. The molecule has 4 heteroatoms. The lowest BCUT2D eigenvalue weighted by Gasteiger charge is -2.27. The van der Waals surface area contributed by atoms with E-state index in [1.54, 1.807) is 4.90 Å². The molecule has 1 amide bonds. The zero-order valence-corrected chi connectivity index (χ0v) is 12.2. The first kappa shape index (κ1) is 14.4. The highest BCUT2D eigenvalue weighted by molar-refractivity contribution is 6.31. The van der Waals surface area contributed by atoms with Crippen LogP contribution in [0.15, 0.2) is 24.3 Å². The van der Waals surface area contributed by atoms with Crippen LogP contribution in [0.5, 0.6) is 0 Å². The fourth-order valence-corrected chi connectivity index (χ4v) is 2.57. The van der Waals surface area contributed by atoms with Crippen molar-refractivity contribution in [2.75, 3.05) is 7.05 Å². The van der Waals surface area contributed by atoms with E-state index in [4.69, 9.17) is 17.3 Å². The van der Waals surface area contributed by atoms with Crippen molar-refractivity contribution in [3.05, 3.63) is 34.9 Å². The summed E-state index contributed by atoms with van der Waals surface area (Å²) in [5, 5.41) is 0.696. The molecule has 2 rings (SSSR count). The SMILES string of the molecule is CC(c1ccccc1Cl)N(C)C(=O)CC(N)C1CC1. The summed E-state index contributed by atoms with van der Waals surface area (Å²) in [6, 6.07) is 7.61. The van der Waals surface area contributed by atoms with Crippen LogP contribution in [0.2, 0.25) is 5.02 Å². The Morgan fingerprint density at radius 2 is 2.11 bits per heavy atom. The van der Waals surface area contributed by atoms with Gasteiger partial charge in [-0.3, -0.25) is 4.79 Å². The molecule has 1 saturated carbocycles. The van der Waals surface area contributed by atoms with Gasteiger partial charge in [0.05, 0.1) is 6.04 Å². The van der Waals surface area contributed by atoms with Crippen molar-refractivity contribution in [3.8, 4) is 0 Å². The van der Waals surface area contributed by atoms with Gasteiger partial charge in [0.25, 0.3) is 0 Å². The Morgan fingerprint density at radius 1 is 1.47 bits per heavy atom. The average Bonchev–Trinajstić information content (AvgIpc) is 3.21. The lowest BCUT2D eigenvalue weighted by Crippen LogP contribution is -2.35. The van der Waals surface area contributed by atoms with Gasteiger partial charge in [0.1, 0.15) is 0 Å². The van der Waals surface area contributed by atoms with Crippen LogP contribution in [0.3, 0.4) is 0 Å². The molecule has 1 aliphatic carbocycles. The summed E-state index contributed by atoms with van der Waals surface area (Å²) >= 11 is 6.17. The Balaban J connectivity index is 1.99. The molecule has 0 aliphatic heterocycles. The molecule has 0 bridgehead atoms. The second-order valence-electron chi connectivity index (χ2n) is 5.41. The fourth-order valence-electron chi connectivity index (χ4n) is 2.28. The summed E-state index contributed by atoms with van der Waals surface area (Å²) in [6.45, 7) is 1.99. The second-order valence-corrected chi connectivity index (χ2v) is 5.81. The van der Waals surface area contributed by atoms with Crippen LogP contribution in [0.1, 0.15) is 37.8 Å². The molecule has 104 valence electrons. The van der Waals surface area contributed by atoms with Gasteiger partial charge in [-0.25, -0.2) is 0 Å². The van der Waals surface area contributed by atoms with Crippen molar-refractivity contribution >= 4 is 17.5 Å². The molecule has 0 aromatic heterocycles. The second kappa shape index (κ2) is 5.93. The summed E-state index contributed by atoms with van der Waals surface area (Å²) < 4.78 is 0. The maximum absolute atomic E-state index is 12.2. The number of hydrogen-bond acceptors (Lipinski definition) is 2. The lowest BCUT2D eigenvalue weighted by molar-refractivity contribution is -0.132. The molecule has 0 heterocycles. The van der Waals surface area contributed by atoms with Crippen LogP contribution in [0, 0.1) is 5.92 Å². The number of carbonyl (C=O) groups is 1. The maximum Gasteiger partial charge on any atom is 0.224 e. The normalized spacial score (nSPS) is 17.9. The predicted molar refractivity (Wildman–Crippen MR) is 78.0 cm³/mol. The number of benzene rings is 1. The lowest BCUT2D eigenvalue weighted by atomic mass is 10.1. The number of rotatable bonds is 5. The molecule has 0 saturated heterocycles. The Labute approximate surface area is 119 Å². The van der Waals surface area contributed by atoms with E-state index in [2.05, 4.69) is 0 Å². The number of amides is 1. The van der Waals surface area contributed by atoms with Crippen molar-refractivity contribution in [1.29, 1.82) is 0 Å². The summed E-state index contributed by atoms with van der Waals surface area (Å²) in [7, 11) is 1.82. The van der Waals surface area contributed by atoms with Crippen LogP contribution in [-0.4, -0.2) is 23.9 Å². The van der Waals surface area contributed by atoms with Crippen LogP contribution in [0.4, 0.5) is 0 Å². The van der Waals surface area contributed by atoms with Gasteiger partial charge < -0.3 is 10.6 Å². The quantitative estimate of drug-likeness (QED) is 0.901. The van der Waals surface area contributed by atoms with Gasteiger partial charge in [0, 0.05) is 24.5 Å². The molecule has 1 aliphatic rings. The Kier molecular flexibility index (Phi) is 4.48. The topological polar surface area (TPSA) is 46.3 Å². The van der Waals surface area contributed by atoms with E-state index in [1.165, 1.54) is 0 Å². The van der Waals surface area contributed by atoms with Gasteiger partial charge in [0.15, 0.2) is 0 Å². The highest BCUT2D eigenvalue weighted by Crippen LogP contribution is 2.33. The summed E-state index contributed by atoms with van der Waals surface area (Å²) in [5.74, 6) is 0.639. The number of hydrogen-bond donors (Lipinski definition) is 1. The van der Waals surface area contributed by atoms with E-state index in [0.29, 0.717) is 17.4 Å². The highest BCUT2D eigenvalue weighted by atomic mass is 35.5. The minimum absolute atomic E-state index is 0.00777. The molecular formula is C15H21ClN2O. The van der Waals surface area contributed by atoms with Gasteiger partial charge in [0.2, 0.25) is 5.91 Å². The molecule has 2 N–H and O–H groups in total. The first-order valence-electron chi connectivity index (χ1n) is 6.76. The maximum atomic E-state index is 12.2. The largest absolute Gasteiger partial charge is 0.339 e. The summed E-state index contributed by atoms with van der Waals surface area (Å²) in [4.78, 5) is 14.0. The van der Waals surface area contributed by atoms with Crippen molar-refractivity contribution in [3.63, 3.8) is 0 Å². The van der Waals surface area contributed by atoms with Crippen molar-refractivity contribution in [1.82, 2.24) is 4.90 Å². The number of nitrogens with two attached hydrogens (primary N) is 1. The van der Waals surface area contributed by atoms with E-state index in [1.807, 2.05) is 38.2 Å². The standard InChI is InChI=1S/C15H21ClN2O/c1-10(12-5-3-4-6-13(12)16)18(2)15(19)9-14(17)11-7-8-11/h3-6,10-11,14H,7-9,17H2,1-2H3. The van der Waals surface area contributed by atoms with Gasteiger partial charge in [-0.05, 0) is 37.3 Å². The molecule has 1 fully saturated rings. The number of carbonyl (C=O) groups excluding carboxylic acids is 1. The van der Waals surface area contributed by atoms with Crippen molar-refractivity contribution < 1.29 is 4.79 Å². The Bertz CT molecular complexity index is 459. The van der Waals surface area contributed by atoms with Gasteiger partial charge in [-0.1, -0.05) is 29.8 Å². The minimum atomic E-state index is -0.0346. The van der Waals surface area contributed by atoms with Gasteiger partial charge in [-0.15, -0.1) is 0 Å². The monoisotopic (exact) mass is 280 g/mol. The molecular weight excluding hydrogens is 260 g/mol. The van der Waals surface area contributed by atoms with Crippen LogP contribution < -0.4 is 5.73 Å². The fraction of sp³-hybridized carbons (Fsp3) is 0.533. The molecule has 1 aromatic rings. The van der Waals surface area contributed by atoms with E-state index in [9.17, 15) is 4.79 Å². The Hall–Kier alpha value is -1.06. The predicted octanol–water partition coefficient (Wildman–Crippen LogP) is 2.99. The van der Waals surface area contributed by atoms with Crippen LogP contribution in [0.25, 0.3) is 0 Å². The van der Waals surface area contributed by atoms with Crippen LogP contribution in [-0.2, 0) is 4.79 Å². The zero-order valence-electron chi connectivity index (χ0n) is 11.5. The van der Waals surface area contributed by atoms with E-state index >= 15 is 0 Å². The van der Waals surface area contributed by atoms with E-state index < -0.39 is 0 Å². The number of halogens is 1. The average molecular weight is 281 g/mol. The van der Waals surface area contributed by atoms with Gasteiger partial charge >= 0.3 is 0 Å². The summed E-state index contributed by atoms with van der Waals surface area (Å²) in [5.41, 5.74) is 6.99. The molecule has 1 aromatic carbocycles. The highest BCUT2D eigenvalue weighted by Gasteiger charge is 2.31. The van der Waals surface area contributed by atoms with Crippen molar-refractivity contribution in [2.24, 2.45) is 11.7 Å². The Morgan fingerprint density at radius 3 is 2.68 bits per heavy atom. The number of nitrogens with zero attached hydrogens (tertiary/aromatic N) is 1. The molecule has 0 spiro atoms. The summed E-state index contributed by atoms with van der Waals surface area (Å²) in [6.07, 6.45) is 2.76. The molecule has 3 nitrogen and oxygen atoms in total. The third kappa shape index (κ3) is 3.48. The smallest absolute Gasteiger partial charge is 0.224 e. The van der Waals surface area contributed by atoms with E-state index in [0.717, 1.165) is 18.4 Å². The van der Waals surface area contributed by atoms with Gasteiger partial charge in [-0.2, -0.15) is 0 Å². The minimum Gasteiger partial charge on any atom is -0.339 e. The van der Waals surface area contributed by atoms with Crippen LogP contribution >= 0.6 is 11.6 Å². The third-order valence-corrected chi connectivity index (χ3v) is 4.31. The van der Waals surface area contributed by atoms with Crippen molar-refractivity contribution in [2.45, 2.75) is 38.3 Å². The first-order valence-corrected chi connectivity index (χ1v) is 7.14. The third-order valence-electron chi connectivity index (χ3n) is 3.97. The van der Waals surface area contributed by atoms with E-state index in [-0.39, 0.29) is 18.0 Å².